The Labute approximate surface area is 149 Å². The molecule has 0 radical (unpaired) electrons. The normalized spacial score (nSPS) is 17.2. The first-order chi connectivity index (χ1) is 12.1. The number of hydrogen-bond donors (Lipinski definition) is 1. The molecule has 1 fully saturated rings. The molecule has 2 heterocycles. The number of carbonyl (C=O) groups is 1. The Morgan fingerprint density at radius 3 is 2.92 bits per heavy atom. The quantitative estimate of drug-likeness (QED) is 0.813. The van der Waals surface area contributed by atoms with Crippen molar-refractivity contribution in [3.63, 3.8) is 0 Å². The number of hydrogen-bond acceptors (Lipinski definition) is 4. The van der Waals surface area contributed by atoms with Crippen LogP contribution in [0.3, 0.4) is 0 Å². The van der Waals surface area contributed by atoms with E-state index in [9.17, 15) is 13.6 Å². The SMILES string of the molecule is O=C(CN(Cc1cccs1)CC1CCCO1)Nc1ccc(F)cc1F. The van der Waals surface area contributed by atoms with Crippen molar-refractivity contribution in [3.05, 3.63) is 52.2 Å². The Balaban J connectivity index is 1.62. The molecule has 2 aromatic rings. The van der Waals surface area contributed by atoms with Gasteiger partial charge in [-0.05, 0) is 36.4 Å². The van der Waals surface area contributed by atoms with E-state index in [4.69, 9.17) is 4.74 Å². The summed E-state index contributed by atoms with van der Waals surface area (Å²) >= 11 is 1.63. The lowest BCUT2D eigenvalue weighted by atomic mass is 10.2. The van der Waals surface area contributed by atoms with E-state index in [0.29, 0.717) is 13.1 Å². The molecule has 134 valence electrons. The van der Waals surface area contributed by atoms with E-state index in [2.05, 4.69) is 5.32 Å². The van der Waals surface area contributed by atoms with Gasteiger partial charge in [-0.2, -0.15) is 0 Å². The summed E-state index contributed by atoms with van der Waals surface area (Å²) in [5.41, 5.74) is -0.0143. The number of benzene rings is 1. The number of carbonyl (C=O) groups excluding carboxylic acids is 1. The fourth-order valence-electron chi connectivity index (χ4n) is 2.87. The molecule has 1 aromatic carbocycles. The maximum absolute atomic E-state index is 13.7. The van der Waals surface area contributed by atoms with E-state index >= 15 is 0 Å². The predicted octanol–water partition coefficient (Wildman–Crippen LogP) is 3.65. The fourth-order valence-corrected chi connectivity index (χ4v) is 3.61. The van der Waals surface area contributed by atoms with Crippen LogP contribution < -0.4 is 5.32 Å². The zero-order valence-electron chi connectivity index (χ0n) is 13.7. The van der Waals surface area contributed by atoms with Crippen LogP contribution in [0, 0.1) is 11.6 Å². The predicted molar refractivity (Wildman–Crippen MR) is 93.6 cm³/mol. The molecule has 25 heavy (non-hydrogen) atoms. The lowest BCUT2D eigenvalue weighted by Crippen LogP contribution is -2.37. The van der Waals surface area contributed by atoms with E-state index in [1.807, 2.05) is 22.4 Å². The zero-order valence-corrected chi connectivity index (χ0v) is 14.5. The van der Waals surface area contributed by atoms with Gasteiger partial charge in [-0.1, -0.05) is 6.07 Å². The Kier molecular flexibility index (Phi) is 6.12. The van der Waals surface area contributed by atoms with Gasteiger partial charge in [0.2, 0.25) is 5.91 Å². The van der Waals surface area contributed by atoms with Gasteiger partial charge in [0.15, 0.2) is 0 Å². The Hall–Kier alpha value is -1.83. The lowest BCUT2D eigenvalue weighted by molar-refractivity contribution is -0.117. The molecule has 1 atom stereocenters. The number of ether oxygens (including phenoxy) is 1. The van der Waals surface area contributed by atoms with E-state index < -0.39 is 11.6 Å². The summed E-state index contributed by atoms with van der Waals surface area (Å²) in [6.45, 7) is 2.16. The average molecular weight is 366 g/mol. The van der Waals surface area contributed by atoms with E-state index in [0.717, 1.165) is 36.5 Å². The van der Waals surface area contributed by atoms with Crippen molar-refractivity contribution in [2.45, 2.75) is 25.5 Å². The van der Waals surface area contributed by atoms with Gasteiger partial charge >= 0.3 is 0 Å². The maximum atomic E-state index is 13.7. The van der Waals surface area contributed by atoms with Gasteiger partial charge in [-0.3, -0.25) is 9.69 Å². The van der Waals surface area contributed by atoms with Gasteiger partial charge in [0, 0.05) is 30.6 Å². The maximum Gasteiger partial charge on any atom is 0.238 e. The molecule has 4 nitrogen and oxygen atoms in total. The third-order valence-electron chi connectivity index (χ3n) is 4.02. The molecule has 1 saturated heterocycles. The minimum absolute atomic E-state index is 0.0143. The van der Waals surface area contributed by atoms with Crippen LogP contribution in [-0.2, 0) is 16.1 Å². The molecule has 1 unspecified atom stereocenters. The first kappa shape index (κ1) is 18.0. The highest BCUT2D eigenvalue weighted by molar-refractivity contribution is 7.09. The molecule has 0 saturated carbocycles. The van der Waals surface area contributed by atoms with Crippen LogP contribution in [0.15, 0.2) is 35.7 Å². The summed E-state index contributed by atoms with van der Waals surface area (Å²) in [6, 6.07) is 7.09. The summed E-state index contributed by atoms with van der Waals surface area (Å²) in [5.74, 6) is -1.79. The van der Waals surface area contributed by atoms with E-state index in [1.165, 1.54) is 6.07 Å². The minimum Gasteiger partial charge on any atom is -0.377 e. The minimum atomic E-state index is -0.780. The highest BCUT2D eigenvalue weighted by atomic mass is 32.1. The van der Waals surface area contributed by atoms with Gasteiger partial charge in [0.25, 0.3) is 0 Å². The number of halogens is 2. The van der Waals surface area contributed by atoms with Crippen LogP contribution in [0.4, 0.5) is 14.5 Å². The Bertz CT molecular complexity index is 703. The number of thiophene rings is 1. The lowest BCUT2D eigenvalue weighted by Gasteiger charge is -2.24. The molecule has 1 aliphatic rings. The van der Waals surface area contributed by atoms with Crippen molar-refractivity contribution in [2.24, 2.45) is 0 Å². The third-order valence-corrected chi connectivity index (χ3v) is 4.88. The number of nitrogens with zero attached hydrogens (tertiary/aromatic N) is 1. The van der Waals surface area contributed by atoms with Crippen LogP contribution in [0.2, 0.25) is 0 Å². The van der Waals surface area contributed by atoms with Crippen molar-refractivity contribution in [1.82, 2.24) is 4.90 Å². The number of rotatable bonds is 7. The molecule has 3 rings (SSSR count). The van der Waals surface area contributed by atoms with Crippen molar-refractivity contribution >= 4 is 22.9 Å². The smallest absolute Gasteiger partial charge is 0.238 e. The molecular weight excluding hydrogens is 346 g/mol. The molecule has 7 heteroatoms. The van der Waals surface area contributed by atoms with Gasteiger partial charge in [-0.25, -0.2) is 8.78 Å². The fraction of sp³-hybridized carbons (Fsp3) is 0.389. The zero-order chi connectivity index (χ0) is 17.6. The molecular formula is C18H20F2N2O2S. The van der Waals surface area contributed by atoms with Gasteiger partial charge in [-0.15, -0.1) is 11.3 Å². The summed E-state index contributed by atoms with van der Waals surface area (Å²) in [5, 5.41) is 4.51. The second kappa shape index (κ2) is 8.51. The monoisotopic (exact) mass is 366 g/mol. The highest BCUT2D eigenvalue weighted by Crippen LogP contribution is 2.18. The summed E-state index contributed by atoms with van der Waals surface area (Å²) in [6.07, 6.45) is 2.13. The van der Waals surface area contributed by atoms with Crippen LogP contribution in [0.25, 0.3) is 0 Å². The number of nitrogens with one attached hydrogen (secondary N) is 1. The second-order valence-corrected chi connectivity index (χ2v) is 7.09. The van der Waals surface area contributed by atoms with Gasteiger partial charge in [0.05, 0.1) is 18.3 Å². The molecule has 0 aliphatic carbocycles. The molecule has 1 aromatic heterocycles. The summed E-state index contributed by atoms with van der Waals surface area (Å²) < 4.78 is 32.3. The van der Waals surface area contributed by atoms with Crippen LogP contribution >= 0.6 is 11.3 Å². The van der Waals surface area contributed by atoms with Crippen molar-refractivity contribution in [3.8, 4) is 0 Å². The molecule has 0 bridgehead atoms. The Morgan fingerprint density at radius 2 is 2.24 bits per heavy atom. The topological polar surface area (TPSA) is 41.6 Å². The second-order valence-electron chi connectivity index (χ2n) is 6.06. The van der Waals surface area contributed by atoms with Crippen LogP contribution in [-0.4, -0.2) is 36.6 Å². The molecule has 1 aliphatic heterocycles. The first-order valence-corrected chi connectivity index (χ1v) is 9.09. The first-order valence-electron chi connectivity index (χ1n) is 8.21. The largest absolute Gasteiger partial charge is 0.377 e. The van der Waals surface area contributed by atoms with Crippen molar-refractivity contribution in [2.75, 3.05) is 25.0 Å². The Morgan fingerprint density at radius 1 is 1.36 bits per heavy atom. The van der Waals surface area contributed by atoms with Gasteiger partial charge in [0.1, 0.15) is 11.6 Å². The van der Waals surface area contributed by atoms with E-state index in [-0.39, 0.29) is 24.2 Å². The van der Waals surface area contributed by atoms with Crippen LogP contribution in [0.5, 0.6) is 0 Å². The van der Waals surface area contributed by atoms with Crippen molar-refractivity contribution < 1.29 is 18.3 Å². The molecule has 1 amide bonds. The molecule has 0 spiro atoms. The average Bonchev–Trinajstić information content (AvgIpc) is 3.24. The third kappa shape index (κ3) is 5.32. The molecule has 1 N–H and O–H groups in total. The number of amides is 1. The van der Waals surface area contributed by atoms with Crippen molar-refractivity contribution in [1.29, 1.82) is 0 Å². The van der Waals surface area contributed by atoms with Crippen LogP contribution in [0.1, 0.15) is 17.7 Å². The van der Waals surface area contributed by atoms with E-state index in [1.54, 1.807) is 11.3 Å². The van der Waals surface area contributed by atoms with Gasteiger partial charge < -0.3 is 10.1 Å². The standard InChI is InChI=1S/C18H20F2N2O2S/c19-13-5-6-17(16(20)9-13)21-18(23)12-22(10-14-3-1-7-24-14)11-15-4-2-8-25-15/h2,4-6,8-9,14H,1,3,7,10-12H2,(H,21,23). The highest BCUT2D eigenvalue weighted by Gasteiger charge is 2.21. The summed E-state index contributed by atoms with van der Waals surface area (Å²) in [7, 11) is 0. The summed E-state index contributed by atoms with van der Waals surface area (Å²) in [4.78, 5) is 15.5. The number of anilines is 1.